The van der Waals surface area contributed by atoms with Crippen molar-refractivity contribution < 1.29 is 22.7 Å². The van der Waals surface area contributed by atoms with Crippen LogP contribution in [0.5, 0.6) is 5.75 Å². The zero-order valence-electron chi connectivity index (χ0n) is 22.3. The lowest BCUT2D eigenvalue weighted by molar-refractivity contribution is -0.128. The summed E-state index contributed by atoms with van der Waals surface area (Å²) < 4.78 is 29.5. The number of carbonyl (C=O) groups excluding carboxylic acids is 2. The van der Waals surface area contributed by atoms with Gasteiger partial charge in [0.1, 0.15) is 11.8 Å². The van der Waals surface area contributed by atoms with Crippen molar-refractivity contribution in [1.29, 1.82) is 0 Å². The number of benzene rings is 3. The second-order valence-electron chi connectivity index (χ2n) is 10.5. The highest BCUT2D eigenvalue weighted by molar-refractivity contribution is 7.89. The minimum absolute atomic E-state index is 0.0440. The predicted octanol–water partition coefficient (Wildman–Crippen LogP) is 3.10. The number of nitrogens with zero attached hydrogens (tertiary/aromatic N) is 1. The number of nitrogens with one attached hydrogen (secondary N) is 1. The zero-order chi connectivity index (χ0) is 28.4. The van der Waals surface area contributed by atoms with Crippen molar-refractivity contribution in [2.24, 2.45) is 10.9 Å². The van der Waals surface area contributed by atoms with Crippen LogP contribution in [0.25, 0.3) is 11.1 Å². The lowest BCUT2D eigenvalue weighted by Crippen LogP contribution is -2.49. The Labute approximate surface area is 229 Å². The van der Waals surface area contributed by atoms with E-state index >= 15 is 0 Å². The third kappa shape index (κ3) is 6.83. The third-order valence-corrected chi connectivity index (χ3v) is 7.56. The van der Waals surface area contributed by atoms with E-state index in [1.54, 1.807) is 56.2 Å². The largest absolute Gasteiger partial charge is 0.497 e. The molecule has 0 saturated heterocycles. The molecule has 0 aliphatic carbocycles. The van der Waals surface area contributed by atoms with E-state index in [1.165, 1.54) is 6.07 Å². The van der Waals surface area contributed by atoms with Crippen LogP contribution in [0.3, 0.4) is 0 Å². The molecule has 206 valence electrons. The number of rotatable bonds is 8. The number of carbonyl (C=O) groups is 2. The molecule has 5 N–H and O–H groups in total. The van der Waals surface area contributed by atoms with E-state index in [0.29, 0.717) is 29.7 Å². The lowest BCUT2D eigenvalue weighted by Gasteiger charge is -2.27. The summed E-state index contributed by atoms with van der Waals surface area (Å²) in [5, 5.41) is 8.29. The topological polar surface area (TPSA) is 145 Å². The molecule has 0 aromatic heterocycles. The summed E-state index contributed by atoms with van der Waals surface area (Å²) >= 11 is 0. The molecule has 4 rings (SSSR count). The van der Waals surface area contributed by atoms with E-state index in [4.69, 9.17) is 15.6 Å². The molecule has 3 aromatic carbocycles. The molecule has 0 bridgehead atoms. The smallest absolute Gasteiger partial charge is 0.249 e. The van der Waals surface area contributed by atoms with Crippen LogP contribution >= 0.6 is 0 Å². The van der Waals surface area contributed by atoms with Crippen LogP contribution in [0.15, 0.2) is 71.6 Å². The number of hydrogen-bond donors (Lipinski definition) is 3. The molecular formula is C29H34N4O5S. The highest BCUT2D eigenvalue weighted by Gasteiger charge is 2.32. The zero-order valence-corrected chi connectivity index (χ0v) is 23.1. The highest BCUT2D eigenvalue weighted by atomic mass is 32.2. The van der Waals surface area contributed by atoms with E-state index in [1.807, 2.05) is 30.3 Å². The maximum atomic E-state index is 13.8. The number of anilines is 1. The minimum Gasteiger partial charge on any atom is -0.497 e. The molecule has 0 fully saturated rings. The van der Waals surface area contributed by atoms with E-state index in [-0.39, 0.29) is 29.7 Å². The van der Waals surface area contributed by atoms with Crippen molar-refractivity contribution >= 4 is 27.5 Å². The van der Waals surface area contributed by atoms with Crippen molar-refractivity contribution in [3.05, 3.63) is 77.9 Å². The van der Waals surface area contributed by atoms with Gasteiger partial charge in [-0.15, -0.1) is 0 Å². The average molecular weight is 551 g/mol. The Morgan fingerprint density at radius 1 is 1.10 bits per heavy atom. The fraction of sp³-hybridized carbons (Fsp3) is 0.310. The summed E-state index contributed by atoms with van der Waals surface area (Å²) in [7, 11) is -2.31. The fourth-order valence-corrected chi connectivity index (χ4v) is 5.52. The van der Waals surface area contributed by atoms with Crippen LogP contribution in [0.1, 0.15) is 37.8 Å². The van der Waals surface area contributed by atoms with Crippen LogP contribution in [0, 0.1) is 0 Å². The van der Waals surface area contributed by atoms with Crippen LogP contribution in [0.4, 0.5) is 5.69 Å². The lowest BCUT2D eigenvalue weighted by atomic mass is 10.0. The summed E-state index contributed by atoms with van der Waals surface area (Å²) in [6, 6.07) is 18.7. The summed E-state index contributed by atoms with van der Waals surface area (Å²) in [5.74, 6) is 0.194. The Morgan fingerprint density at radius 3 is 2.44 bits per heavy atom. The third-order valence-electron chi connectivity index (χ3n) is 6.59. The van der Waals surface area contributed by atoms with Crippen molar-refractivity contribution in [2.45, 2.75) is 56.1 Å². The first kappa shape index (κ1) is 28.3. The van der Waals surface area contributed by atoms with Gasteiger partial charge in [-0.05, 0) is 67.6 Å². The molecule has 1 heterocycles. The van der Waals surface area contributed by atoms with Crippen molar-refractivity contribution in [3.63, 3.8) is 0 Å². The molecule has 3 aromatic rings. The summed E-state index contributed by atoms with van der Waals surface area (Å²) in [6.45, 7) is 3.78. The molecule has 0 unspecified atom stereocenters. The second-order valence-corrected chi connectivity index (χ2v) is 12.0. The van der Waals surface area contributed by atoms with Gasteiger partial charge in [0.2, 0.25) is 21.8 Å². The monoisotopic (exact) mass is 550 g/mol. The van der Waals surface area contributed by atoms with E-state index in [9.17, 15) is 18.0 Å². The first-order chi connectivity index (χ1) is 18.4. The number of ether oxygens (including phenoxy) is 1. The molecule has 2 amide bonds. The van der Waals surface area contributed by atoms with Crippen molar-refractivity contribution in [2.75, 3.05) is 12.0 Å². The van der Waals surface area contributed by atoms with E-state index < -0.39 is 21.6 Å². The van der Waals surface area contributed by atoms with Crippen molar-refractivity contribution in [1.82, 2.24) is 5.32 Å². The normalized spacial score (nSPS) is 15.9. The molecule has 9 nitrogen and oxygen atoms in total. The van der Waals surface area contributed by atoms with Gasteiger partial charge in [0.05, 0.1) is 18.6 Å². The Hall–Kier alpha value is -3.73. The molecule has 39 heavy (non-hydrogen) atoms. The Bertz CT molecular complexity index is 1480. The van der Waals surface area contributed by atoms with Crippen LogP contribution in [-0.4, -0.2) is 38.9 Å². The second kappa shape index (κ2) is 11.2. The first-order valence-electron chi connectivity index (χ1n) is 12.6. The van der Waals surface area contributed by atoms with Gasteiger partial charge in [0.25, 0.3) is 0 Å². The standard InChI is InChI=1S/C29H34N4O5S/c1-29(2,30)17-27(34)32-24-14-12-21-16-22(38-3)13-15-25(21)33(28(24)35)18-19-8-10-20(11-9-19)23-6-4-5-7-26(23)39(31,36)37/h4-11,13,15-16,24H,12,14,17-18,30H2,1-3H3,(H,32,34)(H2,31,36,37)/t24-/m1/s1. The van der Waals surface area contributed by atoms with Crippen molar-refractivity contribution in [3.8, 4) is 16.9 Å². The molecule has 1 aliphatic rings. The molecule has 0 radical (unpaired) electrons. The molecule has 1 atom stereocenters. The highest BCUT2D eigenvalue weighted by Crippen LogP contribution is 2.33. The summed E-state index contributed by atoms with van der Waals surface area (Å²) in [6.07, 6.45) is 1.11. The predicted molar refractivity (Wildman–Crippen MR) is 151 cm³/mol. The van der Waals surface area contributed by atoms with Gasteiger partial charge in [-0.1, -0.05) is 42.5 Å². The number of sulfonamides is 1. The van der Waals surface area contributed by atoms with E-state index in [2.05, 4.69) is 5.32 Å². The number of aryl methyl sites for hydroxylation is 1. The van der Waals surface area contributed by atoms with Crippen LogP contribution < -0.4 is 25.8 Å². The average Bonchev–Trinajstić information content (AvgIpc) is 2.99. The number of fused-ring (bicyclic) bond motifs is 1. The van der Waals surface area contributed by atoms with Gasteiger partial charge >= 0.3 is 0 Å². The van der Waals surface area contributed by atoms with Gasteiger partial charge < -0.3 is 20.7 Å². The Morgan fingerprint density at radius 2 is 1.79 bits per heavy atom. The maximum absolute atomic E-state index is 13.8. The summed E-state index contributed by atoms with van der Waals surface area (Å²) in [5.41, 5.74) is 9.03. The van der Waals surface area contributed by atoms with E-state index in [0.717, 1.165) is 16.8 Å². The molecular weight excluding hydrogens is 516 g/mol. The molecule has 1 aliphatic heterocycles. The number of methoxy groups -OCH3 is 1. The van der Waals surface area contributed by atoms with Gasteiger partial charge in [0.15, 0.2) is 0 Å². The number of nitrogens with two attached hydrogens (primary N) is 2. The Balaban J connectivity index is 1.65. The number of hydrogen-bond acceptors (Lipinski definition) is 6. The quantitative estimate of drug-likeness (QED) is 0.393. The van der Waals surface area contributed by atoms with Gasteiger partial charge in [-0.3, -0.25) is 9.59 Å². The van der Waals surface area contributed by atoms with Gasteiger partial charge in [-0.2, -0.15) is 0 Å². The summed E-state index contributed by atoms with van der Waals surface area (Å²) in [4.78, 5) is 28.2. The molecule has 0 spiro atoms. The first-order valence-corrected chi connectivity index (χ1v) is 14.2. The van der Waals surface area contributed by atoms with Crippen LogP contribution in [-0.2, 0) is 32.6 Å². The fourth-order valence-electron chi connectivity index (χ4n) is 4.76. The number of amides is 2. The van der Waals surface area contributed by atoms with Gasteiger partial charge in [0, 0.05) is 23.2 Å². The maximum Gasteiger partial charge on any atom is 0.249 e. The SMILES string of the molecule is COc1ccc2c(c1)CC[C@@H](NC(=O)CC(C)(C)N)C(=O)N2Cc1ccc(-c2ccccc2S(N)(=O)=O)cc1. The van der Waals surface area contributed by atoms with Crippen LogP contribution in [0.2, 0.25) is 0 Å². The van der Waals surface area contributed by atoms with Gasteiger partial charge in [-0.25, -0.2) is 13.6 Å². The minimum atomic E-state index is -3.90. The Kier molecular flexibility index (Phi) is 8.10. The molecule has 10 heteroatoms. The number of primary sulfonamides is 1. The molecule has 0 saturated carbocycles.